The number of nitrogens with one attached hydrogen (secondary N) is 2. The van der Waals surface area contributed by atoms with Crippen molar-refractivity contribution in [3.05, 3.63) is 37.9 Å². The molecular weight excluding hydrogens is 360 g/mol. The van der Waals surface area contributed by atoms with E-state index in [9.17, 15) is 33.4 Å². The van der Waals surface area contributed by atoms with Gasteiger partial charge in [0.25, 0.3) is 27.4 Å². The van der Waals surface area contributed by atoms with Crippen molar-refractivity contribution in [2.45, 2.75) is 26.3 Å². The lowest BCUT2D eigenvalue weighted by molar-refractivity contribution is -0.392. The van der Waals surface area contributed by atoms with Gasteiger partial charge in [-0.15, -0.1) is 4.28 Å². The molecular formula is C12H16N4O8S. The van der Waals surface area contributed by atoms with E-state index in [1.807, 2.05) is 0 Å². The molecule has 1 amide bonds. The van der Waals surface area contributed by atoms with E-state index in [0.717, 1.165) is 12.1 Å². The minimum Gasteiger partial charge on any atom is -0.362 e. The number of aryl methyl sites for hydroxylation is 1. The number of hydroxylamine groups is 1. The Balaban J connectivity index is 3.23. The standard InChI is InChI=1S/C12H16N4O8S/c1-4-8(12(17)14-24-25(3,22)23)13-11-9(15(18)19)5-7(2)6-10(11)16(20)21/h5-6,8,13H,4H2,1-3H3,(H,14,17). The number of rotatable bonds is 8. The van der Waals surface area contributed by atoms with Gasteiger partial charge in [-0.1, -0.05) is 6.92 Å². The molecule has 0 aliphatic carbocycles. The molecule has 2 N–H and O–H groups in total. The van der Waals surface area contributed by atoms with Crippen LogP contribution in [0.2, 0.25) is 0 Å². The molecule has 1 rings (SSSR count). The summed E-state index contributed by atoms with van der Waals surface area (Å²) < 4.78 is 25.9. The number of hydrogen-bond donors (Lipinski definition) is 2. The molecule has 12 nitrogen and oxygen atoms in total. The van der Waals surface area contributed by atoms with Gasteiger partial charge in [-0.3, -0.25) is 25.0 Å². The van der Waals surface area contributed by atoms with Crippen LogP contribution in [0.5, 0.6) is 0 Å². The highest BCUT2D eigenvalue weighted by Crippen LogP contribution is 2.36. The van der Waals surface area contributed by atoms with E-state index in [-0.39, 0.29) is 6.42 Å². The number of nitro groups is 2. The first-order chi connectivity index (χ1) is 11.5. The van der Waals surface area contributed by atoms with Crippen molar-refractivity contribution in [1.29, 1.82) is 0 Å². The maximum Gasteiger partial charge on any atom is 0.299 e. The highest BCUT2D eigenvalue weighted by Gasteiger charge is 2.30. The van der Waals surface area contributed by atoms with Crippen molar-refractivity contribution in [3.63, 3.8) is 0 Å². The fourth-order valence-corrected chi connectivity index (χ4v) is 2.13. The third-order valence-corrected chi connectivity index (χ3v) is 3.36. The lowest BCUT2D eigenvalue weighted by Gasteiger charge is -2.17. The minimum atomic E-state index is -3.96. The summed E-state index contributed by atoms with van der Waals surface area (Å²) >= 11 is 0. The molecule has 1 aromatic rings. The molecule has 0 saturated heterocycles. The zero-order valence-electron chi connectivity index (χ0n) is 13.5. The predicted octanol–water partition coefficient (Wildman–Crippen LogP) is 1.01. The van der Waals surface area contributed by atoms with Crippen LogP contribution in [0.4, 0.5) is 17.1 Å². The number of amides is 1. The van der Waals surface area contributed by atoms with Crippen molar-refractivity contribution < 1.29 is 27.3 Å². The Morgan fingerprint density at radius 3 is 2.08 bits per heavy atom. The highest BCUT2D eigenvalue weighted by atomic mass is 32.2. The van der Waals surface area contributed by atoms with Crippen LogP contribution >= 0.6 is 0 Å². The van der Waals surface area contributed by atoms with Crippen LogP contribution in [0, 0.1) is 27.2 Å². The minimum absolute atomic E-state index is 0.0428. The van der Waals surface area contributed by atoms with Crippen LogP contribution in [0.1, 0.15) is 18.9 Å². The third-order valence-electron chi connectivity index (χ3n) is 2.97. The lowest BCUT2D eigenvalue weighted by Crippen LogP contribution is -2.40. The summed E-state index contributed by atoms with van der Waals surface area (Å²) in [7, 11) is -3.96. The normalized spacial score (nSPS) is 12.3. The molecule has 0 aliphatic heterocycles. The van der Waals surface area contributed by atoms with E-state index >= 15 is 0 Å². The zero-order valence-corrected chi connectivity index (χ0v) is 14.3. The Morgan fingerprint density at radius 2 is 1.72 bits per heavy atom. The summed E-state index contributed by atoms with van der Waals surface area (Å²) in [5.74, 6) is -0.961. The average molecular weight is 376 g/mol. The van der Waals surface area contributed by atoms with Gasteiger partial charge in [0.15, 0.2) is 5.69 Å². The summed E-state index contributed by atoms with van der Waals surface area (Å²) in [4.78, 5) is 32.7. The smallest absolute Gasteiger partial charge is 0.299 e. The number of carbonyl (C=O) groups is 1. The second-order valence-corrected chi connectivity index (χ2v) is 6.63. The highest BCUT2D eigenvalue weighted by molar-refractivity contribution is 7.85. The average Bonchev–Trinajstić information content (AvgIpc) is 2.49. The molecule has 0 aromatic heterocycles. The quantitative estimate of drug-likeness (QED) is 0.496. The first kappa shape index (κ1) is 20.2. The first-order valence-electron chi connectivity index (χ1n) is 6.84. The molecule has 1 unspecified atom stereocenters. The van der Waals surface area contributed by atoms with Crippen LogP contribution in [0.3, 0.4) is 0 Å². The summed E-state index contributed by atoms with van der Waals surface area (Å²) in [6, 6.07) is 1.03. The molecule has 0 fully saturated rings. The van der Waals surface area contributed by atoms with Gasteiger partial charge in [0, 0.05) is 12.1 Å². The van der Waals surface area contributed by atoms with Gasteiger partial charge in [0.2, 0.25) is 0 Å². The molecule has 1 aromatic carbocycles. The fraction of sp³-hybridized carbons (Fsp3) is 0.417. The number of nitro benzene ring substituents is 2. The van der Waals surface area contributed by atoms with Gasteiger partial charge in [0.1, 0.15) is 6.04 Å². The van der Waals surface area contributed by atoms with E-state index in [4.69, 9.17) is 0 Å². The Kier molecular flexibility index (Phi) is 6.36. The van der Waals surface area contributed by atoms with Crippen molar-refractivity contribution in [1.82, 2.24) is 5.48 Å². The lowest BCUT2D eigenvalue weighted by atomic mass is 10.1. The molecule has 0 heterocycles. The van der Waals surface area contributed by atoms with Crippen molar-refractivity contribution in [2.24, 2.45) is 0 Å². The summed E-state index contributed by atoms with van der Waals surface area (Å²) in [6.07, 6.45) is 0.748. The molecule has 0 spiro atoms. The van der Waals surface area contributed by atoms with E-state index in [1.54, 1.807) is 5.48 Å². The summed E-state index contributed by atoms with van der Waals surface area (Å²) in [5, 5.41) is 24.8. The number of nitrogens with zero attached hydrogens (tertiary/aromatic N) is 2. The number of anilines is 1. The molecule has 13 heteroatoms. The second-order valence-electron chi connectivity index (χ2n) is 5.05. The van der Waals surface area contributed by atoms with Gasteiger partial charge in [-0.2, -0.15) is 8.42 Å². The molecule has 0 bridgehead atoms. The van der Waals surface area contributed by atoms with E-state index in [0.29, 0.717) is 11.8 Å². The van der Waals surface area contributed by atoms with Crippen LogP contribution in [0.15, 0.2) is 12.1 Å². The fourth-order valence-electron chi connectivity index (χ4n) is 1.90. The maximum absolute atomic E-state index is 12.0. The Morgan fingerprint density at radius 1 is 1.24 bits per heavy atom. The van der Waals surface area contributed by atoms with Gasteiger partial charge in [0.05, 0.1) is 16.1 Å². The third kappa shape index (κ3) is 5.65. The van der Waals surface area contributed by atoms with Crippen LogP contribution < -0.4 is 10.8 Å². The van der Waals surface area contributed by atoms with Gasteiger partial charge in [-0.25, -0.2) is 5.48 Å². The van der Waals surface area contributed by atoms with Crippen LogP contribution in [-0.4, -0.2) is 36.5 Å². The van der Waals surface area contributed by atoms with Crippen molar-refractivity contribution in [3.8, 4) is 0 Å². The Bertz CT molecular complexity index is 772. The van der Waals surface area contributed by atoms with Gasteiger partial charge < -0.3 is 5.32 Å². The van der Waals surface area contributed by atoms with Gasteiger partial charge in [-0.05, 0) is 18.9 Å². The molecule has 0 aliphatic rings. The molecule has 0 saturated carbocycles. The molecule has 1 atom stereocenters. The summed E-state index contributed by atoms with van der Waals surface area (Å²) in [6.45, 7) is 2.97. The monoisotopic (exact) mass is 376 g/mol. The SMILES string of the molecule is CCC(Nc1c([N+](=O)[O-])cc(C)cc1[N+](=O)[O-])C(=O)NOS(C)(=O)=O. The van der Waals surface area contributed by atoms with Crippen LogP contribution in [0.25, 0.3) is 0 Å². The second kappa shape index (κ2) is 7.85. The predicted molar refractivity (Wildman–Crippen MR) is 86.3 cm³/mol. The Hall–Kier alpha value is -2.80. The largest absolute Gasteiger partial charge is 0.362 e. The number of benzene rings is 1. The van der Waals surface area contributed by atoms with E-state index in [1.165, 1.54) is 13.8 Å². The number of hydrogen-bond acceptors (Lipinski definition) is 9. The topological polar surface area (TPSA) is 171 Å². The van der Waals surface area contributed by atoms with Gasteiger partial charge >= 0.3 is 0 Å². The molecule has 138 valence electrons. The number of carbonyl (C=O) groups excluding carboxylic acids is 1. The van der Waals surface area contributed by atoms with E-state index in [2.05, 4.69) is 9.60 Å². The van der Waals surface area contributed by atoms with Crippen molar-refractivity contribution >= 4 is 33.1 Å². The molecule has 0 radical (unpaired) electrons. The molecule has 25 heavy (non-hydrogen) atoms. The zero-order chi connectivity index (χ0) is 19.4. The van der Waals surface area contributed by atoms with Crippen LogP contribution in [-0.2, 0) is 19.2 Å². The Labute approximate surface area is 142 Å². The first-order valence-corrected chi connectivity index (χ1v) is 8.66. The van der Waals surface area contributed by atoms with Crippen molar-refractivity contribution in [2.75, 3.05) is 11.6 Å². The van der Waals surface area contributed by atoms with E-state index < -0.39 is 49.0 Å². The maximum atomic E-state index is 12.0. The summed E-state index contributed by atoms with van der Waals surface area (Å²) in [5.41, 5.74) is 0.347.